The van der Waals surface area contributed by atoms with Crippen molar-refractivity contribution in [2.24, 2.45) is 0 Å². The lowest BCUT2D eigenvalue weighted by atomic mass is 9.92. The van der Waals surface area contributed by atoms with Crippen molar-refractivity contribution < 1.29 is 41.0 Å². The van der Waals surface area contributed by atoms with Crippen molar-refractivity contribution in [2.75, 3.05) is 7.11 Å². The number of imidazole rings is 1. The van der Waals surface area contributed by atoms with Gasteiger partial charge < -0.3 is 9.84 Å². The number of carbonyl (C=O) groups is 1. The summed E-state index contributed by atoms with van der Waals surface area (Å²) in [5.41, 5.74) is -5.82. The number of nitrogens with zero attached hydrogens (tertiary/aromatic N) is 2. The van der Waals surface area contributed by atoms with Gasteiger partial charge in [-0.3, -0.25) is 4.57 Å². The molecule has 1 aromatic carbocycles. The summed E-state index contributed by atoms with van der Waals surface area (Å²) in [7, 11) is 1.18. The molecule has 1 N–H and O–H groups in total. The molecular formula is C20H20F6N2O3. The van der Waals surface area contributed by atoms with E-state index in [4.69, 9.17) is 0 Å². The highest BCUT2D eigenvalue weighted by atomic mass is 19.4. The smallest absolute Gasteiger partial charge is 0.430 e. The molecule has 11 heteroatoms. The van der Waals surface area contributed by atoms with Crippen LogP contribution in [0.15, 0.2) is 36.5 Å². The zero-order valence-electron chi connectivity index (χ0n) is 16.8. The van der Waals surface area contributed by atoms with E-state index in [-0.39, 0.29) is 11.6 Å². The number of aromatic nitrogens is 2. The monoisotopic (exact) mass is 450 g/mol. The fraction of sp³-hybridized carbons (Fsp3) is 0.400. The second-order valence-electron chi connectivity index (χ2n) is 6.80. The molecule has 0 saturated carbocycles. The summed E-state index contributed by atoms with van der Waals surface area (Å²) in [6.45, 7) is 3.72. The minimum Gasteiger partial charge on any atom is -0.466 e. The number of rotatable bonds is 6. The molecule has 170 valence electrons. The summed E-state index contributed by atoms with van der Waals surface area (Å²) in [5.74, 6) is -0.280. The van der Waals surface area contributed by atoms with Crippen molar-refractivity contribution in [3.05, 3.63) is 53.6 Å². The number of carbonyl (C=O) groups excluding carboxylic acids is 1. The average molecular weight is 450 g/mol. The number of esters is 1. The van der Waals surface area contributed by atoms with Crippen LogP contribution in [0.4, 0.5) is 26.3 Å². The third-order valence-corrected chi connectivity index (χ3v) is 4.82. The van der Waals surface area contributed by atoms with Gasteiger partial charge in [0.15, 0.2) is 0 Å². The molecule has 1 unspecified atom stereocenters. The molecule has 0 aliphatic carbocycles. The number of hydrogen-bond donors (Lipinski definition) is 1. The molecule has 0 bridgehead atoms. The molecule has 0 radical (unpaired) electrons. The Labute approximate surface area is 174 Å². The van der Waals surface area contributed by atoms with E-state index in [1.807, 2.05) is 13.8 Å². The number of methoxy groups -OCH3 is 1. The summed E-state index contributed by atoms with van der Waals surface area (Å²) in [5, 5.41) is 9.55. The Hall–Kier alpha value is -2.82. The highest BCUT2D eigenvalue weighted by Crippen LogP contribution is 2.50. The predicted molar refractivity (Wildman–Crippen MR) is 99.3 cm³/mol. The second-order valence-corrected chi connectivity index (χ2v) is 6.80. The van der Waals surface area contributed by atoms with Gasteiger partial charge in [-0.25, -0.2) is 9.78 Å². The first kappa shape index (κ1) is 24.4. The number of halogens is 6. The first-order valence-corrected chi connectivity index (χ1v) is 9.08. The van der Waals surface area contributed by atoms with Gasteiger partial charge in [0, 0.05) is 23.2 Å². The van der Waals surface area contributed by atoms with Crippen LogP contribution in [0, 0.1) is 0 Å². The van der Waals surface area contributed by atoms with Gasteiger partial charge in [-0.15, -0.1) is 0 Å². The van der Waals surface area contributed by atoms with Crippen molar-refractivity contribution in [3.63, 3.8) is 0 Å². The molecule has 31 heavy (non-hydrogen) atoms. The second kappa shape index (κ2) is 8.74. The number of alkyl halides is 6. The first-order chi connectivity index (χ1) is 14.3. The summed E-state index contributed by atoms with van der Waals surface area (Å²) in [6, 6.07) is 3.15. The van der Waals surface area contributed by atoms with Gasteiger partial charge in [0.2, 0.25) is 0 Å². The van der Waals surface area contributed by atoms with Gasteiger partial charge in [0.25, 0.3) is 5.60 Å². The van der Waals surface area contributed by atoms with Crippen molar-refractivity contribution in [2.45, 2.75) is 44.1 Å². The predicted octanol–water partition coefficient (Wildman–Crippen LogP) is 4.88. The highest BCUT2D eigenvalue weighted by molar-refractivity contribution is 5.86. The maximum Gasteiger partial charge on any atom is 0.430 e. The molecule has 5 nitrogen and oxygen atoms in total. The maximum atomic E-state index is 13.1. The van der Waals surface area contributed by atoms with Gasteiger partial charge in [-0.1, -0.05) is 26.0 Å². The lowest BCUT2D eigenvalue weighted by Crippen LogP contribution is -2.53. The Kier molecular flexibility index (Phi) is 6.89. The molecule has 0 amide bonds. The van der Waals surface area contributed by atoms with E-state index in [9.17, 15) is 36.2 Å². The van der Waals surface area contributed by atoms with E-state index < -0.39 is 29.5 Å². The zero-order valence-corrected chi connectivity index (χ0v) is 16.8. The molecule has 1 heterocycles. The third kappa shape index (κ3) is 4.60. The van der Waals surface area contributed by atoms with Crippen LogP contribution in [0.2, 0.25) is 0 Å². The molecule has 2 rings (SSSR count). The molecule has 0 saturated heterocycles. The standard InChI is InChI=1S/C20H20F6N2O3/c1-4-12(2)17-27-11-15(9-10-16(29)31-3)28(17)14-7-5-13(6-8-14)18(30,19(21,22)23)20(24,25)26/h5-12,30H,4H2,1-3H3/b10-9+. The SMILES string of the molecule is CCC(C)c1ncc(/C=C/C(=O)OC)n1-c1ccc(C(O)(C(F)(F)F)C(F)(F)F)cc1. The molecular weight excluding hydrogens is 430 g/mol. The molecule has 1 atom stereocenters. The Morgan fingerprint density at radius 3 is 2.16 bits per heavy atom. The fourth-order valence-electron chi connectivity index (χ4n) is 2.87. The van der Waals surface area contributed by atoms with E-state index in [0.717, 1.165) is 18.2 Å². The fourth-order valence-corrected chi connectivity index (χ4v) is 2.87. The average Bonchev–Trinajstić information content (AvgIpc) is 3.13. The summed E-state index contributed by atoms with van der Waals surface area (Å²) in [4.78, 5) is 15.7. The number of ether oxygens (including phenoxy) is 1. The van der Waals surface area contributed by atoms with Crippen LogP contribution >= 0.6 is 0 Å². The lowest BCUT2D eigenvalue weighted by Gasteiger charge is -2.32. The number of hydrogen-bond acceptors (Lipinski definition) is 4. The van der Waals surface area contributed by atoms with Gasteiger partial charge in [-0.2, -0.15) is 26.3 Å². The molecule has 2 aromatic rings. The normalized spacial score (nSPS) is 14.1. The van der Waals surface area contributed by atoms with Crippen LogP contribution in [0.3, 0.4) is 0 Å². The molecule has 1 aromatic heterocycles. The Balaban J connectivity index is 2.61. The summed E-state index contributed by atoms with van der Waals surface area (Å²) >= 11 is 0. The third-order valence-electron chi connectivity index (χ3n) is 4.82. The van der Waals surface area contributed by atoms with Gasteiger partial charge >= 0.3 is 18.3 Å². The minimum atomic E-state index is -5.97. The lowest BCUT2D eigenvalue weighted by molar-refractivity contribution is -0.376. The van der Waals surface area contributed by atoms with Crippen LogP contribution in [0.25, 0.3) is 11.8 Å². The number of aliphatic hydroxyl groups is 1. The van der Waals surface area contributed by atoms with E-state index in [1.54, 1.807) is 0 Å². The van der Waals surface area contributed by atoms with E-state index >= 15 is 0 Å². The van der Waals surface area contributed by atoms with Gasteiger partial charge in [0.05, 0.1) is 19.0 Å². The molecule has 0 spiro atoms. The van der Waals surface area contributed by atoms with Crippen molar-refractivity contribution >= 4 is 12.0 Å². The van der Waals surface area contributed by atoms with E-state index in [1.165, 1.54) is 23.9 Å². The van der Waals surface area contributed by atoms with Crippen molar-refractivity contribution in [1.82, 2.24) is 9.55 Å². The first-order valence-electron chi connectivity index (χ1n) is 9.08. The van der Waals surface area contributed by atoms with Crippen LogP contribution in [0.5, 0.6) is 0 Å². The summed E-state index contributed by atoms with van der Waals surface area (Å²) < 4.78 is 84.7. The van der Waals surface area contributed by atoms with Crippen LogP contribution in [-0.4, -0.2) is 40.1 Å². The Morgan fingerprint density at radius 1 is 1.16 bits per heavy atom. The van der Waals surface area contributed by atoms with Crippen LogP contribution < -0.4 is 0 Å². The van der Waals surface area contributed by atoms with Gasteiger partial charge in [-0.05, 0) is 24.6 Å². The topological polar surface area (TPSA) is 64.3 Å². The molecule has 0 aliphatic rings. The van der Waals surface area contributed by atoms with Crippen LogP contribution in [-0.2, 0) is 15.1 Å². The van der Waals surface area contributed by atoms with Gasteiger partial charge in [0.1, 0.15) is 5.82 Å². The summed E-state index contributed by atoms with van der Waals surface area (Å²) in [6.07, 6.45) is -7.42. The largest absolute Gasteiger partial charge is 0.466 e. The van der Waals surface area contributed by atoms with Crippen LogP contribution in [0.1, 0.15) is 43.3 Å². The minimum absolute atomic E-state index is 0.109. The number of benzene rings is 1. The Bertz CT molecular complexity index is 931. The van der Waals surface area contributed by atoms with Crippen molar-refractivity contribution in [1.29, 1.82) is 0 Å². The highest BCUT2D eigenvalue weighted by Gasteiger charge is 2.71. The zero-order chi connectivity index (χ0) is 23.6. The molecule has 0 aliphatic heterocycles. The maximum absolute atomic E-state index is 13.1. The Morgan fingerprint density at radius 2 is 1.71 bits per heavy atom. The quantitative estimate of drug-likeness (QED) is 0.387. The van der Waals surface area contributed by atoms with Crippen molar-refractivity contribution in [3.8, 4) is 5.69 Å². The van der Waals surface area contributed by atoms with E-state index in [0.29, 0.717) is 30.1 Å². The van der Waals surface area contributed by atoms with E-state index in [2.05, 4.69) is 9.72 Å². The molecule has 0 fully saturated rings.